The van der Waals surface area contributed by atoms with E-state index in [1.807, 2.05) is 0 Å². The Morgan fingerprint density at radius 1 is 1.12 bits per heavy atom. The largest absolute Gasteiger partial charge is 0.492 e. The summed E-state index contributed by atoms with van der Waals surface area (Å²) in [5.41, 5.74) is 3.68. The van der Waals surface area contributed by atoms with Crippen molar-refractivity contribution in [2.45, 2.75) is 43.2 Å². The van der Waals surface area contributed by atoms with E-state index in [1.165, 1.54) is 6.07 Å². The van der Waals surface area contributed by atoms with Gasteiger partial charge >= 0.3 is 12.4 Å². The second-order valence-corrected chi connectivity index (χ2v) is 7.74. The van der Waals surface area contributed by atoms with Crippen molar-refractivity contribution in [1.29, 1.82) is 5.26 Å². The van der Waals surface area contributed by atoms with Gasteiger partial charge in [0.2, 0.25) is 5.91 Å². The zero-order chi connectivity index (χ0) is 24.4. The molecule has 11 heteroatoms. The summed E-state index contributed by atoms with van der Waals surface area (Å²) < 4.78 is 86.3. The Kier molecular flexibility index (Phi) is 6.88. The molecule has 3 N–H and O–H groups in total. The van der Waals surface area contributed by atoms with Gasteiger partial charge in [0.25, 0.3) is 0 Å². The molecule has 1 fully saturated rings. The molecule has 1 aliphatic rings. The molecule has 2 aromatic rings. The van der Waals surface area contributed by atoms with Gasteiger partial charge in [-0.1, -0.05) is 18.2 Å². The van der Waals surface area contributed by atoms with Crippen molar-refractivity contribution in [1.82, 2.24) is 5.32 Å². The summed E-state index contributed by atoms with van der Waals surface area (Å²) in [6.45, 7) is -0.152. The SMILES string of the molecule is N#Cc1ccc(C2CC(COc3ccc(CC(N)=O)cc3)NC2C(F)(F)F)cc1C(F)(F)F. The Balaban J connectivity index is 1.77. The Morgan fingerprint density at radius 3 is 2.33 bits per heavy atom. The number of ether oxygens (including phenoxy) is 1. The van der Waals surface area contributed by atoms with Crippen molar-refractivity contribution >= 4 is 5.91 Å². The van der Waals surface area contributed by atoms with Gasteiger partial charge in [-0.25, -0.2) is 0 Å². The zero-order valence-corrected chi connectivity index (χ0v) is 17.0. The van der Waals surface area contributed by atoms with E-state index in [1.54, 1.807) is 24.3 Å². The molecule has 0 radical (unpaired) electrons. The molecule has 3 atom stereocenters. The summed E-state index contributed by atoms with van der Waals surface area (Å²) in [7, 11) is 0. The monoisotopic (exact) mass is 471 g/mol. The summed E-state index contributed by atoms with van der Waals surface area (Å²) in [4.78, 5) is 10.9. The number of benzene rings is 2. The predicted octanol–water partition coefficient (Wildman–Crippen LogP) is 4.06. The molecule has 1 aliphatic heterocycles. The number of amides is 1. The van der Waals surface area contributed by atoms with E-state index in [0.29, 0.717) is 17.4 Å². The first-order valence-electron chi connectivity index (χ1n) is 9.82. The number of hydrogen-bond acceptors (Lipinski definition) is 4. The van der Waals surface area contributed by atoms with Gasteiger partial charge in [0.05, 0.1) is 23.6 Å². The van der Waals surface area contributed by atoms with Gasteiger partial charge in [-0.15, -0.1) is 0 Å². The predicted molar refractivity (Wildman–Crippen MR) is 105 cm³/mol. The fourth-order valence-corrected chi connectivity index (χ4v) is 3.87. The van der Waals surface area contributed by atoms with Gasteiger partial charge in [0.15, 0.2) is 0 Å². The fraction of sp³-hybridized carbons (Fsp3) is 0.364. The number of alkyl halides is 6. The van der Waals surface area contributed by atoms with Crippen molar-refractivity contribution in [2.24, 2.45) is 5.73 Å². The third kappa shape index (κ3) is 5.96. The molecule has 33 heavy (non-hydrogen) atoms. The van der Waals surface area contributed by atoms with Crippen molar-refractivity contribution in [2.75, 3.05) is 6.61 Å². The lowest BCUT2D eigenvalue weighted by Gasteiger charge is -2.23. The van der Waals surface area contributed by atoms with Crippen LogP contribution >= 0.6 is 0 Å². The maximum Gasteiger partial charge on any atom is 0.417 e. The standard InChI is InChI=1S/C22H19F6N3O2/c23-21(24,25)18-8-13(3-4-14(18)10-29)17-9-15(31-20(17)22(26,27)28)11-33-16-5-1-12(2-6-16)7-19(30)32/h1-6,8,15,17,20,31H,7,9,11H2,(H2,30,32). The Morgan fingerprint density at radius 2 is 1.79 bits per heavy atom. The minimum absolute atomic E-state index is 0.0317. The molecule has 0 spiro atoms. The second-order valence-electron chi connectivity index (χ2n) is 7.74. The van der Waals surface area contributed by atoms with Crippen LogP contribution in [0.15, 0.2) is 42.5 Å². The van der Waals surface area contributed by atoms with Gasteiger partial charge in [-0.2, -0.15) is 31.6 Å². The number of nitrogens with one attached hydrogen (secondary N) is 1. The van der Waals surface area contributed by atoms with E-state index in [9.17, 15) is 31.1 Å². The number of primary amides is 1. The second kappa shape index (κ2) is 9.31. The molecule has 1 heterocycles. The lowest BCUT2D eigenvalue weighted by atomic mass is 9.88. The molecule has 176 valence electrons. The molecule has 3 rings (SSSR count). The van der Waals surface area contributed by atoms with Crippen LogP contribution in [0.25, 0.3) is 0 Å². The number of hydrogen-bond donors (Lipinski definition) is 2. The first kappa shape index (κ1) is 24.4. The average Bonchev–Trinajstić information content (AvgIpc) is 3.17. The van der Waals surface area contributed by atoms with E-state index in [-0.39, 0.29) is 25.0 Å². The van der Waals surface area contributed by atoms with Crippen molar-refractivity contribution < 1.29 is 35.9 Å². The molecule has 0 aliphatic carbocycles. The highest BCUT2D eigenvalue weighted by Crippen LogP contribution is 2.42. The van der Waals surface area contributed by atoms with Crippen molar-refractivity contribution in [3.05, 3.63) is 64.7 Å². The number of carbonyl (C=O) groups excluding carboxylic acids is 1. The molecular weight excluding hydrogens is 452 g/mol. The Hall–Kier alpha value is -3.26. The van der Waals surface area contributed by atoms with Crippen LogP contribution in [0.3, 0.4) is 0 Å². The zero-order valence-electron chi connectivity index (χ0n) is 17.0. The number of nitrogens with zero attached hydrogens (tertiary/aromatic N) is 1. The highest BCUT2D eigenvalue weighted by atomic mass is 19.4. The van der Waals surface area contributed by atoms with E-state index >= 15 is 0 Å². The van der Waals surface area contributed by atoms with E-state index < -0.39 is 47.4 Å². The molecular formula is C22H19F6N3O2. The normalized spacial score (nSPS) is 20.9. The van der Waals surface area contributed by atoms with Gasteiger partial charge in [-0.05, 0) is 41.8 Å². The maximum atomic E-state index is 13.6. The Labute approximate surface area is 185 Å². The van der Waals surface area contributed by atoms with Gasteiger partial charge < -0.3 is 10.5 Å². The lowest BCUT2D eigenvalue weighted by molar-refractivity contribution is -0.156. The van der Waals surface area contributed by atoms with E-state index in [2.05, 4.69) is 5.32 Å². The van der Waals surface area contributed by atoms with Crippen LogP contribution in [0, 0.1) is 11.3 Å². The molecule has 1 amide bonds. The number of halogens is 6. The first-order chi connectivity index (χ1) is 15.4. The smallest absolute Gasteiger partial charge is 0.417 e. The molecule has 0 bridgehead atoms. The third-order valence-corrected chi connectivity index (χ3v) is 5.36. The highest BCUT2D eigenvalue weighted by Gasteiger charge is 2.51. The van der Waals surface area contributed by atoms with Crippen LogP contribution in [0.2, 0.25) is 0 Å². The number of carbonyl (C=O) groups is 1. The summed E-state index contributed by atoms with van der Waals surface area (Å²) in [6, 6.07) is 7.48. The van der Waals surface area contributed by atoms with Crippen LogP contribution in [0.1, 0.15) is 34.6 Å². The fourth-order valence-electron chi connectivity index (χ4n) is 3.87. The molecule has 0 aromatic heterocycles. The van der Waals surface area contributed by atoms with Crippen LogP contribution in [0.5, 0.6) is 5.75 Å². The Bertz CT molecular complexity index is 1040. The van der Waals surface area contributed by atoms with Gasteiger partial charge in [0, 0.05) is 12.0 Å². The summed E-state index contributed by atoms with van der Waals surface area (Å²) >= 11 is 0. The van der Waals surface area contributed by atoms with E-state index in [4.69, 9.17) is 15.7 Å². The lowest BCUT2D eigenvalue weighted by Crippen LogP contribution is -2.44. The van der Waals surface area contributed by atoms with Gasteiger partial charge in [0.1, 0.15) is 18.4 Å². The van der Waals surface area contributed by atoms with Crippen molar-refractivity contribution in [3.63, 3.8) is 0 Å². The van der Waals surface area contributed by atoms with Crippen LogP contribution in [0.4, 0.5) is 26.3 Å². The minimum Gasteiger partial charge on any atom is -0.492 e. The maximum absolute atomic E-state index is 13.6. The van der Waals surface area contributed by atoms with E-state index in [0.717, 1.165) is 12.1 Å². The summed E-state index contributed by atoms with van der Waals surface area (Å²) in [5, 5.41) is 11.3. The number of nitrogens with two attached hydrogens (primary N) is 1. The highest BCUT2D eigenvalue weighted by molar-refractivity contribution is 5.76. The topological polar surface area (TPSA) is 88.1 Å². The van der Waals surface area contributed by atoms with Gasteiger partial charge in [-0.3, -0.25) is 10.1 Å². The molecule has 3 unspecified atom stereocenters. The third-order valence-electron chi connectivity index (χ3n) is 5.36. The summed E-state index contributed by atoms with van der Waals surface area (Å²) in [5.74, 6) is -1.44. The van der Waals surface area contributed by atoms with Crippen LogP contribution in [-0.4, -0.2) is 30.8 Å². The molecule has 0 saturated carbocycles. The molecule has 2 aromatic carbocycles. The van der Waals surface area contributed by atoms with Crippen molar-refractivity contribution in [3.8, 4) is 11.8 Å². The summed E-state index contributed by atoms with van der Waals surface area (Å²) in [6.07, 6.45) is -9.66. The molecule has 1 saturated heterocycles. The van der Waals surface area contributed by atoms with Crippen LogP contribution in [-0.2, 0) is 17.4 Å². The number of rotatable bonds is 6. The minimum atomic E-state index is -4.87. The number of nitriles is 1. The average molecular weight is 471 g/mol. The van der Waals surface area contributed by atoms with Crippen LogP contribution < -0.4 is 15.8 Å². The molecule has 5 nitrogen and oxygen atoms in total. The quantitative estimate of drug-likeness (QED) is 0.622. The first-order valence-corrected chi connectivity index (χ1v) is 9.82.